The largest absolute Gasteiger partial charge is 0.381 e. The number of nitrogens with one attached hydrogen (secondary N) is 3. The molecule has 4 heteroatoms. The number of aryl methyl sites for hydroxylation is 1. The van der Waals surface area contributed by atoms with Gasteiger partial charge in [-0.25, -0.2) is 10.4 Å². The van der Waals surface area contributed by atoms with Gasteiger partial charge >= 0.3 is 0 Å². The molecule has 3 atom stereocenters. The van der Waals surface area contributed by atoms with Crippen LogP contribution in [0.15, 0.2) is 121 Å². The summed E-state index contributed by atoms with van der Waals surface area (Å²) < 4.78 is 0. The lowest BCUT2D eigenvalue weighted by molar-refractivity contribution is 0.138. The Balaban J connectivity index is 1.12. The van der Waals surface area contributed by atoms with Crippen LogP contribution < -0.4 is 16.1 Å². The number of hydrazine groups is 1. The Bertz CT molecular complexity index is 1870. The molecule has 3 unspecified atom stereocenters. The van der Waals surface area contributed by atoms with E-state index >= 15 is 0 Å². The van der Waals surface area contributed by atoms with Gasteiger partial charge in [-0.1, -0.05) is 127 Å². The van der Waals surface area contributed by atoms with E-state index in [1.807, 2.05) is 0 Å². The van der Waals surface area contributed by atoms with Crippen LogP contribution in [0, 0.1) is 0 Å². The van der Waals surface area contributed by atoms with Crippen LogP contribution in [0.4, 0.5) is 5.69 Å². The second-order valence-electron chi connectivity index (χ2n) is 11.9. The van der Waals surface area contributed by atoms with E-state index < -0.39 is 0 Å². The fourth-order valence-electron chi connectivity index (χ4n) is 6.95. The van der Waals surface area contributed by atoms with Crippen molar-refractivity contribution < 1.29 is 0 Å². The van der Waals surface area contributed by atoms with E-state index in [1.165, 1.54) is 61.0 Å². The van der Waals surface area contributed by atoms with Crippen molar-refractivity contribution in [2.45, 2.75) is 38.1 Å². The van der Waals surface area contributed by atoms with E-state index in [0.717, 1.165) is 19.4 Å². The van der Waals surface area contributed by atoms with Gasteiger partial charge in [0.25, 0.3) is 0 Å². The van der Waals surface area contributed by atoms with Gasteiger partial charge in [0.05, 0.1) is 6.17 Å². The predicted octanol–water partition coefficient (Wildman–Crippen LogP) is 8.47. The molecule has 1 saturated heterocycles. The van der Waals surface area contributed by atoms with Crippen molar-refractivity contribution in [2.75, 3.05) is 11.9 Å². The van der Waals surface area contributed by atoms with Crippen LogP contribution in [0.2, 0.25) is 0 Å². The van der Waals surface area contributed by atoms with Gasteiger partial charge in [0.2, 0.25) is 0 Å². The van der Waals surface area contributed by atoms with Gasteiger partial charge in [0.15, 0.2) is 0 Å². The minimum atomic E-state index is -0.00445. The third kappa shape index (κ3) is 4.88. The summed E-state index contributed by atoms with van der Waals surface area (Å²) in [5.74, 6) is 0. The van der Waals surface area contributed by atoms with Crippen LogP contribution >= 0.6 is 0 Å². The second kappa shape index (κ2) is 11.0. The normalized spacial score (nSPS) is 20.3. The molecule has 0 bridgehead atoms. The maximum Gasteiger partial charge on any atom is 0.101 e. The van der Waals surface area contributed by atoms with Crippen molar-refractivity contribution in [1.29, 1.82) is 0 Å². The SMILES string of the molecule is CC(C1=Cc2ccccc2CC1)N1NC(c2ccc(-c3cccc4c3NCC=C4)cc2)NC1c1ccc2ccccc2c1. The Morgan fingerprint density at radius 2 is 1.53 bits per heavy atom. The standard InChI is InChI=1S/C39H36N4/c1-26(32-21-15-27-8-2-4-10-33(27)24-32)43-39(35-22-16-28-9-3-5-11-34(28)25-35)41-38(42-43)31-19-17-29(18-20-31)36-14-6-12-30-13-7-23-40-37(30)36/h2-14,16-20,22,24-26,38-42H,15,21,23H2,1H3. The first kappa shape index (κ1) is 26.2. The summed E-state index contributed by atoms with van der Waals surface area (Å²) in [6.45, 7) is 3.21. The molecule has 212 valence electrons. The van der Waals surface area contributed by atoms with Crippen molar-refractivity contribution in [3.05, 3.63) is 149 Å². The van der Waals surface area contributed by atoms with E-state index in [-0.39, 0.29) is 18.4 Å². The number of rotatable bonds is 5. The Morgan fingerprint density at radius 3 is 2.44 bits per heavy atom. The summed E-state index contributed by atoms with van der Waals surface area (Å²) in [7, 11) is 0. The first-order chi connectivity index (χ1) is 21.2. The Kier molecular flexibility index (Phi) is 6.68. The predicted molar refractivity (Wildman–Crippen MR) is 179 cm³/mol. The number of benzene rings is 5. The fraction of sp³-hybridized carbons (Fsp3) is 0.179. The van der Waals surface area contributed by atoms with Gasteiger partial charge in [-0.2, -0.15) is 0 Å². The molecule has 2 heterocycles. The summed E-state index contributed by atoms with van der Waals surface area (Å²) in [4.78, 5) is 0. The van der Waals surface area contributed by atoms with Gasteiger partial charge < -0.3 is 5.32 Å². The van der Waals surface area contributed by atoms with E-state index in [9.17, 15) is 0 Å². The number of nitrogens with zero attached hydrogens (tertiary/aromatic N) is 1. The van der Waals surface area contributed by atoms with Crippen LogP contribution in [0.3, 0.4) is 0 Å². The first-order valence-corrected chi connectivity index (χ1v) is 15.4. The molecular formula is C39H36N4. The number of anilines is 1. The Hall–Kier alpha value is -4.48. The van der Waals surface area contributed by atoms with E-state index in [2.05, 4.69) is 155 Å². The first-order valence-electron chi connectivity index (χ1n) is 15.4. The Morgan fingerprint density at radius 1 is 0.744 bits per heavy atom. The van der Waals surface area contributed by atoms with Gasteiger partial charge in [-0.15, -0.1) is 0 Å². The topological polar surface area (TPSA) is 39.3 Å². The lowest BCUT2D eigenvalue weighted by Gasteiger charge is -2.33. The van der Waals surface area contributed by atoms with Gasteiger partial charge in [0, 0.05) is 23.8 Å². The lowest BCUT2D eigenvalue weighted by Crippen LogP contribution is -2.42. The monoisotopic (exact) mass is 560 g/mol. The van der Waals surface area contributed by atoms with E-state index in [1.54, 1.807) is 0 Å². The van der Waals surface area contributed by atoms with Crippen LogP contribution in [-0.4, -0.2) is 17.6 Å². The van der Waals surface area contributed by atoms with Crippen LogP contribution in [0.25, 0.3) is 34.1 Å². The molecule has 43 heavy (non-hydrogen) atoms. The summed E-state index contributed by atoms with van der Waals surface area (Å²) >= 11 is 0. The molecule has 5 aromatic rings. The molecule has 5 aromatic carbocycles. The smallest absolute Gasteiger partial charge is 0.101 e. The van der Waals surface area contributed by atoms with Crippen molar-refractivity contribution >= 4 is 28.6 Å². The van der Waals surface area contributed by atoms with E-state index in [4.69, 9.17) is 0 Å². The minimum absolute atomic E-state index is 0.00445. The molecule has 4 nitrogen and oxygen atoms in total. The summed E-state index contributed by atoms with van der Waals surface area (Å²) in [6.07, 6.45) is 8.98. The van der Waals surface area contributed by atoms with Crippen molar-refractivity contribution in [2.24, 2.45) is 0 Å². The van der Waals surface area contributed by atoms with E-state index in [0.29, 0.717) is 0 Å². The van der Waals surface area contributed by atoms with Crippen LogP contribution in [-0.2, 0) is 6.42 Å². The number of fused-ring (bicyclic) bond motifs is 3. The molecule has 1 fully saturated rings. The van der Waals surface area contributed by atoms with Crippen LogP contribution in [0.5, 0.6) is 0 Å². The van der Waals surface area contributed by atoms with Crippen molar-refractivity contribution in [3.63, 3.8) is 0 Å². The number of hydrogen-bond donors (Lipinski definition) is 3. The molecule has 0 radical (unpaired) electrons. The Labute approximate surface area is 253 Å². The zero-order chi connectivity index (χ0) is 28.8. The molecule has 3 N–H and O–H groups in total. The molecule has 0 saturated carbocycles. The molecule has 0 spiro atoms. The molecule has 1 aliphatic carbocycles. The highest BCUT2D eigenvalue weighted by molar-refractivity contribution is 5.86. The third-order valence-corrected chi connectivity index (χ3v) is 9.35. The molecule has 8 rings (SSSR count). The molecule has 2 aliphatic heterocycles. The molecule has 3 aliphatic rings. The average molecular weight is 561 g/mol. The maximum absolute atomic E-state index is 3.95. The quantitative estimate of drug-likeness (QED) is 0.202. The highest BCUT2D eigenvalue weighted by Gasteiger charge is 2.37. The minimum Gasteiger partial charge on any atom is -0.381 e. The summed E-state index contributed by atoms with van der Waals surface area (Å²) in [5, 5.41) is 12.5. The highest BCUT2D eigenvalue weighted by Crippen LogP contribution is 2.37. The highest BCUT2D eigenvalue weighted by atomic mass is 15.7. The average Bonchev–Trinajstić information content (AvgIpc) is 3.53. The molecular weight excluding hydrogens is 524 g/mol. The van der Waals surface area contributed by atoms with Crippen LogP contribution in [0.1, 0.15) is 53.5 Å². The van der Waals surface area contributed by atoms with Crippen molar-refractivity contribution in [3.8, 4) is 11.1 Å². The lowest BCUT2D eigenvalue weighted by atomic mass is 9.89. The number of para-hydroxylation sites is 1. The molecule has 0 amide bonds. The van der Waals surface area contributed by atoms with Gasteiger partial charge in [-0.05, 0) is 70.0 Å². The van der Waals surface area contributed by atoms with Crippen molar-refractivity contribution in [1.82, 2.24) is 15.8 Å². The van der Waals surface area contributed by atoms with Gasteiger partial charge in [0.1, 0.15) is 6.17 Å². The van der Waals surface area contributed by atoms with Gasteiger partial charge in [-0.3, -0.25) is 5.32 Å². The second-order valence-corrected chi connectivity index (χ2v) is 11.9. The summed E-state index contributed by atoms with van der Waals surface area (Å²) in [6, 6.07) is 40.1. The zero-order valence-corrected chi connectivity index (χ0v) is 24.4. The fourth-order valence-corrected chi connectivity index (χ4v) is 6.95. The maximum atomic E-state index is 3.95. The summed E-state index contributed by atoms with van der Waals surface area (Å²) in [5.41, 5.74) is 15.6. The molecule has 0 aromatic heterocycles. The third-order valence-electron chi connectivity index (χ3n) is 9.35. The zero-order valence-electron chi connectivity index (χ0n) is 24.4. The number of hydrogen-bond acceptors (Lipinski definition) is 4.